The van der Waals surface area contributed by atoms with Crippen molar-refractivity contribution in [2.24, 2.45) is 0 Å². The van der Waals surface area contributed by atoms with Gasteiger partial charge in [0.15, 0.2) is 6.10 Å². The normalized spacial score (nSPS) is 13.8. The summed E-state index contributed by atoms with van der Waals surface area (Å²) in [6.07, 6.45) is 33.7. The number of esters is 2. The number of carbonyl (C=O) groups is 2. The molecule has 9 heteroatoms. The van der Waals surface area contributed by atoms with Gasteiger partial charge >= 0.3 is 19.8 Å². The highest BCUT2D eigenvalue weighted by atomic mass is 31.2. The molecule has 45 heavy (non-hydrogen) atoms. The molecule has 0 aromatic heterocycles. The molecule has 0 radical (unpaired) electrons. The molecule has 1 N–H and O–H groups in total. The lowest BCUT2D eigenvalue weighted by Crippen LogP contribution is -2.29. The predicted octanol–water partition coefficient (Wildman–Crippen LogP) is 10.7. The van der Waals surface area contributed by atoms with E-state index in [0.29, 0.717) is 6.42 Å². The molecule has 0 rings (SSSR count). The third-order valence-electron chi connectivity index (χ3n) is 7.67. The van der Waals surface area contributed by atoms with Gasteiger partial charge in [0.2, 0.25) is 0 Å². The van der Waals surface area contributed by atoms with Crippen LogP contribution in [0.1, 0.15) is 168 Å². The zero-order valence-electron chi connectivity index (χ0n) is 29.0. The SMILES string of the molecule is CCCC/C=C\CCCCCCCC(=O)OC[C@H](COP(=O)(O)OC)OC(=O)CCCCCCC/C=C\CCCCCCCC. The molecule has 2 atom stereocenters. The van der Waals surface area contributed by atoms with Gasteiger partial charge in [-0.2, -0.15) is 0 Å². The summed E-state index contributed by atoms with van der Waals surface area (Å²) in [6.45, 7) is 3.81. The maximum Gasteiger partial charge on any atom is 0.472 e. The smallest absolute Gasteiger partial charge is 0.462 e. The molecule has 0 fully saturated rings. The second-order valence-electron chi connectivity index (χ2n) is 12.0. The van der Waals surface area contributed by atoms with Crippen molar-refractivity contribution in [3.05, 3.63) is 24.3 Å². The van der Waals surface area contributed by atoms with E-state index in [4.69, 9.17) is 14.0 Å². The number of rotatable bonds is 33. The summed E-state index contributed by atoms with van der Waals surface area (Å²) in [5.41, 5.74) is 0. The Morgan fingerprint density at radius 1 is 0.600 bits per heavy atom. The van der Waals surface area contributed by atoms with Crippen molar-refractivity contribution in [1.82, 2.24) is 0 Å². The highest BCUT2D eigenvalue weighted by Crippen LogP contribution is 2.42. The first-order valence-corrected chi connectivity index (χ1v) is 19.5. The third kappa shape index (κ3) is 32.3. The summed E-state index contributed by atoms with van der Waals surface area (Å²) in [5.74, 6) is -0.825. The first-order valence-electron chi connectivity index (χ1n) is 18.0. The van der Waals surface area contributed by atoms with Crippen molar-refractivity contribution in [1.29, 1.82) is 0 Å². The molecule has 0 saturated heterocycles. The zero-order valence-corrected chi connectivity index (χ0v) is 29.9. The molecule has 0 aromatic rings. The quantitative estimate of drug-likeness (QED) is 0.0321. The highest BCUT2D eigenvalue weighted by molar-refractivity contribution is 7.47. The van der Waals surface area contributed by atoms with Gasteiger partial charge in [-0.3, -0.25) is 18.6 Å². The molecule has 0 aliphatic heterocycles. The summed E-state index contributed by atoms with van der Waals surface area (Å²) in [7, 11) is -3.20. The lowest BCUT2D eigenvalue weighted by atomic mass is 10.1. The van der Waals surface area contributed by atoms with E-state index in [-0.39, 0.29) is 25.4 Å². The van der Waals surface area contributed by atoms with Gasteiger partial charge < -0.3 is 14.4 Å². The molecular weight excluding hydrogens is 591 g/mol. The van der Waals surface area contributed by atoms with Gasteiger partial charge in [-0.15, -0.1) is 0 Å². The largest absolute Gasteiger partial charge is 0.472 e. The van der Waals surface area contributed by atoms with Crippen molar-refractivity contribution >= 4 is 19.8 Å². The first-order chi connectivity index (χ1) is 21.8. The summed E-state index contributed by atoms with van der Waals surface area (Å²) in [4.78, 5) is 34.2. The van der Waals surface area contributed by atoms with Crippen LogP contribution in [0.25, 0.3) is 0 Å². The van der Waals surface area contributed by atoms with Gasteiger partial charge in [0.1, 0.15) is 6.61 Å². The fourth-order valence-electron chi connectivity index (χ4n) is 4.81. The maximum atomic E-state index is 12.4. The Labute approximate surface area is 275 Å². The molecule has 0 heterocycles. The topological polar surface area (TPSA) is 108 Å². The molecule has 8 nitrogen and oxygen atoms in total. The number of ether oxygens (including phenoxy) is 2. The second kappa shape index (κ2) is 32.5. The van der Waals surface area contributed by atoms with Crippen LogP contribution in [-0.4, -0.2) is 43.3 Å². The van der Waals surface area contributed by atoms with Crippen molar-refractivity contribution in [3.63, 3.8) is 0 Å². The minimum absolute atomic E-state index is 0.231. The third-order valence-corrected chi connectivity index (χ3v) is 8.60. The number of allylic oxidation sites excluding steroid dienone is 4. The Morgan fingerprint density at radius 3 is 1.51 bits per heavy atom. The summed E-state index contributed by atoms with van der Waals surface area (Å²) < 4.78 is 31.8. The summed E-state index contributed by atoms with van der Waals surface area (Å²) in [6, 6.07) is 0. The number of phosphoric ester groups is 1. The van der Waals surface area contributed by atoms with Crippen molar-refractivity contribution in [3.8, 4) is 0 Å². The Morgan fingerprint density at radius 2 is 1.02 bits per heavy atom. The van der Waals surface area contributed by atoms with Crippen LogP contribution in [0.15, 0.2) is 24.3 Å². The van der Waals surface area contributed by atoms with Crippen LogP contribution in [-0.2, 0) is 32.7 Å². The van der Waals surface area contributed by atoms with Gasteiger partial charge in [-0.1, -0.05) is 122 Å². The minimum atomic E-state index is -4.25. The molecule has 264 valence electrons. The Hall–Kier alpha value is -1.47. The lowest BCUT2D eigenvalue weighted by molar-refractivity contribution is -0.161. The van der Waals surface area contributed by atoms with Crippen LogP contribution >= 0.6 is 7.82 Å². The molecule has 1 unspecified atom stereocenters. The fourth-order valence-corrected chi connectivity index (χ4v) is 5.27. The number of carbonyl (C=O) groups excluding carboxylic acids is 2. The average molecular weight is 659 g/mol. The van der Waals surface area contributed by atoms with Gasteiger partial charge in [-0.05, 0) is 57.8 Å². The molecule has 0 amide bonds. The standard InChI is InChI=1S/C36H67O8P/c1-4-6-8-10-12-14-16-17-18-19-21-23-25-27-29-31-36(38)44-34(33-43-45(39,40)41-3)32-42-35(37)30-28-26-24-22-20-15-13-11-9-7-5-2/h11,13,17-18,34H,4-10,12,14-16,19-33H2,1-3H3,(H,39,40)/b13-11-,18-17-/t34-/m1/s1. The molecule has 0 saturated carbocycles. The summed E-state index contributed by atoms with van der Waals surface area (Å²) >= 11 is 0. The predicted molar refractivity (Wildman–Crippen MR) is 184 cm³/mol. The van der Waals surface area contributed by atoms with E-state index >= 15 is 0 Å². The van der Waals surface area contributed by atoms with E-state index < -0.39 is 26.5 Å². The lowest BCUT2D eigenvalue weighted by Gasteiger charge is -2.19. The molecule has 0 aliphatic rings. The molecule has 0 aliphatic carbocycles. The van der Waals surface area contributed by atoms with Crippen molar-refractivity contribution < 1.29 is 37.6 Å². The number of hydrogen-bond acceptors (Lipinski definition) is 7. The van der Waals surface area contributed by atoms with Gasteiger partial charge in [0, 0.05) is 20.0 Å². The van der Waals surface area contributed by atoms with Gasteiger partial charge in [0.05, 0.1) is 6.61 Å². The van der Waals surface area contributed by atoms with E-state index in [1.54, 1.807) is 0 Å². The van der Waals surface area contributed by atoms with E-state index in [0.717, 1.165) is 84.2 Å². The Bertz CT molecular complexity index is 798. The first kappa shape index (κ1) is 43.5. The van der Waals surface area contributed by atoms with E-state index in [1.807, 2.05) is 0 Å². The van der Waals surface area contributed by atoms with Crippen LogP contribution in [0.5, 0.6) is 0 Å². The summed E-state index contributed by atoms with van der Waals surface area (Å²) in [5, 5.41) is 0. The molecular formula is C36H67O8P. The van der Waals surface area contributed by atoms with Gasteiger partial charge in [-0.25, -0.2) is 4.57 Å². The Balaban J connectivity index is 4.10. The molecule has 0 spiro atoms. The molecule has 0 aromatic carbocycles. The zero-order chi connectivity index (χ0) is 33.3. The fraction of sp³-hybridized carbons (Fsp3) is 0.833. The van der Waals surface area contributed by atoms with Gasteiger partial charge in [0.25, 0.3) is 0 Å². The van der Waals surface area contributed by atoms with E-state index in [1.165, 1.54) is 57.8 Å². The average Bonchev–Trinajstić information content (AvgIpc) is 3.03. The monoisotopic (exact) mass is 658 g/mol. The second-order valence-corrected chi connectivity index (χ2v) is 13.6. The number of unbranched alkanes of at least 4 members (excludes halogenated alkanes) is 18. The van der Waals surface area contributed by atoms with Crippen molar-refractivity contribution in [2.75, 3.05) is 20.3 Å². The van der Waals surface area contributed by atoms with Crippen molar-refractivity contribution in [2.45, 2.75) is 174 Å². The van der Waals surface area contributed by atoms with E-state index in [2.05, 4.69) is 42.7 Å². The van der Waals surface area contributed by atoms with Crippen LogP contribution in [0, 0.1) is 0 Å². The van der Waals surface area contributed by atoms with Crippen LogP contribution in [0.2, 0.25) is 0 Å². The van der Waals surface area contributed by atoms with E-state index in [9.17, 15) is 19.0 Å². The number of hydrogen-bond donors (Lipinski definition) is 1. The van der Waals surface area contributed by atoms with Crippen LogP contribution in [0.4, 0.5) is 0 Å². The van der Waals surface area contributed by atoms with Crippen LogP contribution in [0.3, 0.4) is 0 Å². The highest BCUT2D eigenvalue weighted by Gasteiger charge is 2.24. The molecule has 0 bridgehead atoms. The maximum absolute atomic E-state index is 12.4. The minimum Gasteiger partial charge on any atom is -0.462 e. The Kier molecular flexibility index (Phi) is 31.4. The van der Waals surface area contributed by atoms with Crippen LogP contribution < -0.4 is 0 Å². The number of phosphoric acid groups is 1.